The molecule has 2 rings (SSSR count). The van der Waals surface area contributed by atoms with Gasteiger partial charge in [0.05, 0.1) is 10.7 Å². The molecule has 0 aromatic heterocycles. The number of benzene rings is 2. The molecule has 0 radical (unpaired) electrons. The molecule has 2 aromatic rings. The zero-order valence-electron chi connectivity index (χ0n) is 10.5. The number of para-hydroxylation sites is 1. The van der Waals surface area contributed by atoms with Crippen LogP contribution in [0.5, 0.6) is 11.5 Å². The third kappa shape index (κ3) is 2.77. The largest absolute Gasteiger partial charge is 0.454 e. The first-order chi connectivity index (χ1) is 8.58. The Kier molecular flexibility index (Phi) is 3.78. The van der Waals surface area contributed by atoms with E-state index in [0.29, 0.717) is 22.4 Å². The lowest BCUT2D eigenvalue weighted by Gasteiger charge is -2.11. The molecule has 2 aromatic carbocycles. The Hall–Kier alpha value is -1.67. The van der Waals surface area contributed by atoms with E-state index in [9.17, 15) is 0 Å². The molecule has 0 heterocycles. The van der Waals surface area contributed by atoms with E-state index in [0.717, 1.165) is 5.75 Å². The molecule has 0 spiro atoms. The highest BCUT2D eigenvalue weighted by Gasteiger charge is 2.07. The van der Waals surface area contributed by atoms with Crippen LogP contribution in [0.4, 0.5) is 5.69 Å². The van der Waals surface area contributed by atoms with Gasteiger partial charge in [0.1, 0.15) is 5.75 Å². The zero-order chi connectivity index (χ0) is 13.1. The maximum Gasteiger partial charge on any atom is 0.168 e. The van der Waals surface area contributed by atoms with E-state index in [4.69, 9.17) is 22.1 Å². The Bertz CT molecular complexity index is 514. The van der Waals surface area contributed by atoms with E-state index in [1.807, 2.05) is 24.3 Å². The standard InChI is InChI=1S/C15H16ClNO/c1-10(2)11-6-8-12(9-7-11)18-15-13(16)4-3-5-14(15)17/h3-10H,17H2,1-2H3. The number of nitrogens with two attached hydrogens (primary N) is 1. The predicted octanol–water partition coefficient (Wildman–Crippen LogP) is 4.84. The van der Waals surface area contributed by atoms with E-state index in [1.54, 1.807) is 18.2 Å². The number of hydrogen-bond donors (Lipinski definition) is 1. The summed E-state index contributed by atoms with van der Waals surface area (Å²) < 4.78 is 5.72. The second kappa shape index (κ2) is 5.32. The number of hydrogen-bond acceptors (Lipinski definition) is 2. The molecule has 0 atom stereocenters. The predicted molar refractivity (Wildman–Crippen MR) is 76.5 cm³/mol. The normalized spacial score (nSPS) is 10.7. The monoisotopic (exact) mass is 261 g/mol. The first-order valence-corrected chi connectivity index (χ1v) is 6.27. The molecule has 3 heteroatoms. The quantitative estimate of drug-likeness (QED) is 0.803. The summed E-state index contributed by atoms with van der Waals surface area (Å²) in [5.74, 6) is 1.75. The Morgan fingerprint density at radius 1 is 1.06 bits per heavy atom. The fourth-order valence-corrected chi connectivity index (χ4v) is 1.89. The Labute approximate surface area is 112 Å². The zero-order valence-corrected chi connectivity index (χ0v) is 11.2. The van der Waals surface area contributed by atoms with Gasteiger partial charge in [-0.3, -0.25) is 0 Å². The van der Waals surface area contributed by atoms with Crippen molar-refractivity contribution in [3.8, 4) is 11.5 Å². The molecule has 0 aliphatic heterocycles. The molecule has 0 bridgehead atoms. The van der Waals surface area contributed by atoms with Gasteiger partial charge in [0, 0.05) is 0 Å². The van der Waals surface area contributed by atoms with Crippen LogP contribution in [0.15, 0.2) is 42.5 Å². The highest BCUT2D eigenvalue weighted by molar-refractivity contribution is 6.32. The van der Waals surface area contributed by atoms with Crippen molar-refractivity contribution in [1.29, 1.82) is 0 Å². The molecule has 18 heavy (non-hydrogen) atoms. The van der Waals surface area contributed by atoms with Crippen LogP contribution >= 0.6 is 11.6 Å². The van der Waals surface area contributed by atoms with E-state index in [-0.39, 0.29) is 0 Å². The number of ether oxygens (including phenoxy) is 1. The third-order valence-electron chi connectivity index (χ3n) is 2.76. The molecule has 0 saturated heterocycles. The fraction of sp³-hybridized carbons (Fsp3) is 0.200. The molecule has 0 saturated carbocycles. The van der Waals surface area contributed by atoms with E-state index in [1.165, 1.54) is 5.56 Å². The maximum absolute atomic E-state index is 6.06. The lowest BCUT2D eigenvalue weighted by molar-refractivity contribution is 0.485. The Morgan fingerprint density at radius 3 is 2.28 bits per heavy atom. The van der Waals surface area contributed by atoms with Crippen molar-refractivity contribution in [2.75, 3.05) is 5.73 Å². The topological polar surface area (TPSA) is 35.2 Å². The average Bonchev–Trinajstić information content (AvgIpc) is 2.34. The maximum atomic E-state index is 6.06. The first-order valence-electron chi connectivity index (χ1n) is 5.89. The van der Waals surface area contributed by atoms with E-state index >= 15 is 0 Å². The summed E-state index contributed by atoms with van der Waals surface area (Å²) in [7, 11) is 0. The molecule has 0 unspecified atom stereocenters. The van der Waals surface area contributed by atoms with Gasteiger partial charge in [0.15, 0.2) is 5.75 Å². The molecular formula is C15H16ClNO. The molecule has 2 N–H and O–H groups in total. The summed E-state index contributed by atoms with van der Waals surface area (Å²) in [6.07, 6.45) is 0. The minimum Gasteiger partial charge on any atom is -0.454 e. The van der Waals surface area contributed by atoms with Crippen LogP contribution in [-0.4, -0.2) is 0 Å². The molecule has 0 amide bonds. The van der Waals surface area contributed by atoms with Crippen molar-refractivity contribution in [2.45, 2.75) is 19.8 Å². The van der Waals surface area contributed by atoms with Gasteiger partial charge in [0.2, 0.25) is 0 Å². The van der Waals surface area contributed by atoms with E-state index < -0.39 is 0 Å². The van der Waals surface area contributed by atoms with Crippen LogP contribution in [0.2, 0.25) is 5.02 Å². The van der Waals surface area contributed by atoms with Crippen molar-refractivity contribution in [2.24, 2.45) is 0 Å². The highest BCUT2D eigenvalue weighted by atomic mass is 35.5. The van der Waals surface area contributed by atoms with Gasteiger partial charge in [-0.2, -0.15) is 0 Å². The van der Waals surface area contributed by atoms with Crippen molar-refractivity contribution >= 4 is 17.3 Å². The lowest BCUT2D eigenvalue weighted by Crippen LogP contribution is -1.93. The van der Waals surface area contributed by atoms with Crippen molar-refractivity contribution < 1.29 is 4.74 Å². The second-order valence-electron chi connectivity index (χ2n) is 4.48. The van der Waals surface area contributed by atoms with Gasteiger partial charge in [-0.25, -0.2) is 0 Å². The smallest absolute Gasteiger partial charge is 0.168 e. The number of rotatable bonds is 3. The average molecular weight is 262 g/mol. The summed E-state index contributed by atoms with van der Waals surface area (Å²) in [4.78, 5) is 0. The molecular weight excluding hydrogens is 246 g/mol. The minimum absolute atomic E-state index is 0.504. The minimum atomic E-state index is 0.504. The van der Waals surface area contributed by atoms with Crippen LogP contribution < -0.4 is 10.5 Å². The molecule has 2 nitrogen and oxygen atoms in total. The third-order valence-corrected chi connectivity index (χ3v) is 3.06. The van der Waals surface area contributed by atoms with Crippen LogP contribution in [0.1, 0.15) is 25.3 Å². The van der Waals surface area contributed by atoms with Crippen LogP contribution in [0.25, 0.3) is 0 Å². The van der Waals surface area contributed by atoms with Crippen LogP contribution in [0, 0.1) is 0 Å². The van der Waals surface area contributed by atoms with Gasteiger partial charge in [-0.1, -0.05) is 43.6 Å². The molecule has 94 valence electrons. The van der Waals surface area contributed by atoms with Crippen molar-refractivity contribution in [1.82, 2.24) is 0 Å². The van der Waals surface area contributed by atoms with Crippen LogP contribution in [0.3, 0.4) is 0 Å². The summed E-state index contributed by atoms with van der Waals surface area (Å²) >= 11 is 6.06. The van der Waals surface area contributed by atoms with Crippen molar-refractivity contribution in [3.05, 3.63) is 53.1 Å². The number of halogens is 1. The van der Waals surface area contributed by atoms with Gasteiger partial charge < -0.3 is 10.5 Å². The molecule has 0 fully saturated rings. The fourth-order valence-electron chi connectivity index (χ4n) is 1.67. The SMILES string of the molecule is CC(C)c1ccc(Oc2c(N)cccc2Cl)cc1. The van der Waals surface area contributed by atoms with Gasteiger partial charge in [-0.05, 0) is 35.7 Å². The van der Waals surface area contributed by atoms with Gasteiger partial charge in [-0.15, -0.1) is 0 Å². The summed E-state index contributed by atoms with van der Waals surface area (Å²) in [5, 5.41) is 0.517. The van der Waals surface area contributed by atoms with Crippen LogP contribution in [-0.2, 0) is 0 Å². The summed E-state index contributed by atoms with van der Waals surface area (Å²) in [5.41, 5.74) is 7.65. The molecule has 0 aliphatic rings. The summed E-state index contributed by atoms with van der Waals surface area (Å²) in [6.45, 7) is 4.31. The molecule has 0 aliphatic carbocycles. The first kappa shape index (κ1) is 12.8. The van der Waals surface area contributed by atoms with Gasteiger partial charge in [0.25, 0.3) is 0 Å². The lowest BCUT2D eigenvalue weighted by atomic mass is 10.0. The van der Waals surface area contributed by atoms with Crippen molar-refractivity contribution in [3.63, 3.8) is 0 Å². The second-order valence-corrected chi connectivity index (χ2v) is 4.89. The highest BCUT2D eigenvalue weighted by Crippen LogP contribution is 2.34. The number of nitrogen functional groups attached to an aromatic ring is 1. The number of anilines is 1. The summed E-state index contributed by atoms with van der Waals surface area (Å²) in [6, 6.07) is 13.3. The van der Waals surface area contributed by atoms with Gasteiger partial charge >= 0.3 is 0 Å². The van der Waals surface area contributed by atoms with E-state index in [2.05, 4.69) is 13.8 Å². The Balaban J connectivity index is 2.24. The Morgan fingerprint density at radius 2 is 1.72 bits per heavy atom.